The van der Waals surface area contributed by atoms with Crippen molar-refractivity contribution < 1.29 is 9.21 Å². The maximum atomic E-state index is 12.8. The predicted octanol–water partition coefficient (Wildman–Crippen LogP) is 4.12. The summed E-state index contributed by atoms with van der Waals surface area (Å²) in [6.45, 7) is 1.87. The van der Waals surface area contributed by atoms with E-state index in [0.717, 1.165) is 16.6 Å². The van der Waals surface area contributed by atoms with Crippen LogP contribution in [0.25, 0.3) is 27.8 Å². The molecule has 7 nitrogen and oxygen atoms in total. The number of para-hydroxylation sites is 1. The first-order chi connectivity index (χ1) is 13.7. The van der Waals surface area contributed by atoms with Gasteiger partial charge in [0.2, 0.25) is 0 Å². The maximum Gasteiger partial charge on any atom is 0.256 e. The second-order valence-electron chi connectivity index (χ2n) is 6.43. The zero-order valence-electron chi connectivity index (χ0n) is 15.0. The van der Waals surface area contributed by atoms with E-state index in [1.807, 2.05) is 49.4 Å². The Balaban J connectivity index is 1.50. The molecule has 0 spiro atoms. The second-order valence-corrected chi connectivity index (χ2v) is 6.43. The third-order valence-electron chi connectivity index (χ3n) is 4.47. The Labute approximate surface area is 159 Å². The lowest BCUT2D eigenvalue weighted by atomic mass is 10.2. The van der Waals surface area contributed by atoms with E-state index < -0.39 is 0 Å². The van der Waals surface area contributed by atoms with Gasteiger partial charge in [-0.2, -0.15) is 9.78 Å². The zero-order chi connectivity index (χ0) is 19.1. The minimum Gasteiger partial charge on any atom is -0.443 e. The number of oxazole rings is 1. The van der Waals surface area contributed by atoms with Crippen molar-refractivity contribution in [3.63, 3.8) is 0 Å². The number of fused-ring (bicyclic) bond motifs is 2. The highest BCUT2D eigenvalue weighted by Gasteiger charge is 2.14. The number of nitrogens with one attached hydrogen (secondary N) is 1. The summed E-state index contributed by atoms with van der Waals surface area (Å²) in [6, 6.07) is 18.7. The highest BCUT2D eigenvalue weighted by atomic mass is 16.3. The van der Waals surface area contributed by atoms with Crippen molar-refractivity contribution in [2.75, 3.05) is 5.32 Å². The van der Waals surface area contributed by atoms with Gasteiger partial charge in [0, 0.05) is 17.0 Å². The molecule has 1 N–H and O–H groups in total. The summed E-state index contributed by atoms with van der Waals surface area (Å²) in [6.07, 6.45) is 1.36. The largest absolute Gasteiger partial charge is 0.443 e. The summed E-state index contributed by atoms with van der Waals surface area (Å²) in [4.78, 5) is 21.5. The molecule has 28 heavy (non-hydrogen) atoms. The monoisotopic (exact) mass is 369 g/mol. The van der Waals surface area contributed by atoms with Crippen molar-refractivity contribution in [3.05, 3.63) is 78.3 Å². The van der Waals surface area contributed by atoms with Crippen LogP contribution in [0.2, 0.25) is 0 Å². The van der Waals surface area contributed by atoms with Gasteiger partial charge < -0.3 is 9.73 Å². The number of carbonyl (C=O) groups is 1. The van der Waals surface area contributed by atoms with E-state index in [0.29, 0.717) is 28.3 Å². The quantitative estimate of drug-likeness (QED) is 0.517. The number of aromatic nitrogens is 4. The van der Waals surface area contributed by atoms with Crippen LogP contribution in [0, 0.1) is 6.92 Å². The highest BCUT2D eigenvalue weighted by Crippen LogP contribution is 2.21. The summed E-state index contributed by atoms with van der Waals surface area (Å²) >= 11 is 0. The fraction of sp³-hybridized carbons (Fsp3) is 0.0476. The van der Waals surface area contributed by atoms with Gasteiger partial charge in [-0.3, -0.25) is 4.79 Å². The molecule has 0 aliphatic heterocycles. The topological polar surface area (TPSA) is 85.8 Å². The van der Waals surface area contributed by atoms with E-state index >= 15 is 0 Å². The molecular formula is C21H15N5O2. The lowest BCUT2D eigenvalue weighted by Gasteiger charge is -2.09. The number of benzene rings is 2. The van der Waals surface area contributed by atoms with Crippen molar-refractivity contribution >= 4 is 33.7 Å². The summed E-state index contributed by atoms with van der Waals surface area (Å²) in [5.41, 5.74) is 3.39. The fourth-order valence-electron chi connectivity index (χ4n) is 3.12. The number of hydrogen-bond acceptors (Lipinski definition) is 5. The van der Waals surface area contributed by atoms with Gasteiger partial charge in [-0.05, 0) is 43.3 Å². The van der Waals surface area contributed by atoms with Gasteiger partial charge in [-0.1, -0.05) is 18.2 Å². The summed E-state index contributed by atoms with van der Waals surface area (Å²) in [7, 11) is 0. The lowest BCUT2D eigenvalue weighted by Crippen LogP contribution is -2.15. The Morgan fingerprint density at radius 1 is 1.04 bits per heavy atom. The Bertz CT molecular complexity index is 1340. The molecule has 0 unspecified atom stereocenters. The number of nitrogens with zero attached hydrogens (tertiary/aromatic N) is 4. The molecule has 136 valence electrons. The molecule has 0 saturated heterocycles. The summed E-state index contributed by atoms with van der Waals surface area (Å²) < 4.78 is 6.85. The van der Waals surface area contributed by atoms with Crippen LogP contribution in [-0.4, -0.2) is 25.7 Å². The average molecular weight is 369 g/mol. The van der Waals surface area contributed by atoms with Crippen LogP contribution in [-0.2, 0) is 0 Å². The first-order valence-corrected chi connectivity index (χ1v) is 8.75. The van der Waals surface area contributed by atoms with Crippen LogP contribution >= 0.6 is 0 Å². The van der Waals surface area contributed by atoms with Crippen molar-refractivity contribution in [1.82, 2.24) is 19.7 Å². The molecule has 3 aromatic heterocycles. The van der Waals surface area contributed by atoms with Gasteiger partial charge >= 0.3 is 0 Å². The molecule has 0 saturated carbocycles. The van der Waals surface area contributed by atoms with Gasteiger partial charge in [0.25, 0.3) is 5.91 Å². The Morgan fingerprint density at radius 2 is 1.93 bits per heavy atom. The molecule has 1 amide bonds. The standard InChI is InChI=1S/C21H15N5O2/c1-13-10-20(24-21(27)15-6-8-18-17(11-15)22-12-28-18)26(25-13)19-9-7-14-4-2-3-5-16(14)23-19/h2-12H,1H3,(H,24,27). The second kappa shape index (κ2) is 6.31. The third kappa shape index (κ3) is 2.79. The van der Waals surface area contributed by atoms with Crippen LogP contribution in [0.15, 0.2) is 71.5 Å². The van der Waals surface area contributed by atoms with Crippen LogP contribution in [0.4, 0.5) is 5.82 Å². The maximum absolute atomic E-state index is 12.8. The molecule has 2 aromatic carbocycles. The van der Waals surface area contributed by atoms with Gasteiger partial charge in [-0.25, -0.2) is 9.97 Å². The zero-order valence-corrected chi connectivity index (χ0v) is 15.0. The number of amides is 1. The van der Waals surface area contributed by atoms with Crippen LogP contribution in [0.1, 0.15) is 16.1 Å². The van der Waals surface area contributed by atoms with Crippen LogP contribution < -0.4 is 5.32 Å². The van der Waals surface area contributed by atoms with Gasteiger partial charge in [0.05, 0.1) is 11.2 Å². The van der Waals surface area contributed by atoms with Crippen molar-refractivity contribution in [2.45, 2.75) is 6.92 Å². The SMILES string of the molecule is Cc1cc(NC(=O)c2ccc3ocnc3c2)n(-c2ccc3ccccc3n2)n1. The van der Waals surface area contributed by atoms with E-state index in [1.54, 1.807) is 22.9 Å². The van der Waals surface area contributed by atoms with Crippen LogP contribution in [0.3, 0.4) is 0 Å². The number of carbonyl (C=O) groups excluding carboxylic acids is 1. The van der Waals surface area contributed by atoms with E-state index in [1.165, 1.54) is 6.39 Å². The molecule has 3 heterocycles. The molecule has 5 rings (SSSR count). The van der Waals surface area contributed by atoms with Crippen molar-refractivity contribution in [2.24, 2.45) is 0 Å². The Morgan fingerprint density at radius 3 is 2.86 bits per heavy atom. The van der Waals surface area contributed by atoms with E-state index in [9.17, 15) is 4.79 Å². The fourth-order valence-corrected chi connectivity index (χ4v) is 3.12. The molecule has 0 radical (unpaired) electrons. The molecule has 7 heteroatoms. The summed E-state index contributed by atoms with van der Waals surface area (Å²) in [5.74, 6) is 0.923. The molecule has 0 aliphatic rings. The third-order valence-corrected chi connectivity index (χ3v) is 4.47. The van der Waals surface area contributed by atoms with Gasteiger partial charge in [0.1, 0.15) is 11.3 Å². The number of aryl methyl sites for hydroxylation is 1. The minimum absolute atomic E-state index is 0.258. The molecule has 0 aliphatic carbocycles. The average Bonchev–Trinajstić information content (AvgIpc) is 3.33. The number of anilines is 1. The minimum atomic E-state index is -0.258. The van der Waals surface area contributed by atoms with Gasteiger partial charge in [-0.15, -0.1) is 0 Å². The molecule has 5 aromatic rings. The first-order valence-electron chi connectivity index (χ1n) is 8.75. The molecule has 0 fully saturated rings. The lowest BCUT2D eigenvalue weighted by molar-refractivity contribution is 0.102. The highest BCUT2D eigenvalue weighted by molar-refractivity contribution is 6.05. The van der Waals surface area contributed by atoms with E-state index in [2.05, 4.69) is 20.4 Å². The van der Waals surface area contributed by atoms with Gasteiger partial charge in [0.15, 0.2) is 17.8 Å². The predicted molar refractivity (Wildman–Crippen MR) is 106 cm³/mol. The first kappa shape index (κ1) is 16.2. The number of pyridine rings is 1. The van der Waals surface area contributed by atoms with Crippen molar-refractivity contribution in [3.8, 4) is 5.82 Å². The molecule has 0 atom stereocenters. The van der Waals surface area contributed by atoms with E-state index in [-0.39, 0.29) is 5.91 Å². The van der Waals surface area contributed by atoms with Crippen molar-refractivity contribution in [1.29, 1.82) is 0 Å². The normalized spacial score (nSPS) is 11.2. The number of rotatable bonds is 3. The van der Waals surface area contributed by atoms with E-state index in [4.69, 9.17) is 4.42 Å². The van der Waals surface area contributed by atoms with Crippen LogP contribution in [0.5, 0.6) is 0 Å². The number of hydrogen-bond donors (Lipinski definition) is 1. The molecular weight excluding hydrogens is 354 g/mol. The Hall–Kier alpha value is -4.00. The summed E-state index contributed by atoms with van der Waals surface area (Å²) in [5, 5.41) is 8.45. The smallest absolute Gasteiger partial charge is 0.256 e. The molecule has 0 bridgehead atoms. The Kier molecular flexibility index (Phi) is 3.65.